The second-order valence-electron chi connectivity index (χ2n) is 9.81. The third-order valence-electron chi connectivity index (χ3n) is 7.21. The summed E-state index contributed by atoms with van der Waals surface area (Å²) in [5, 5.41) is 4.74. The van der Waals surface area contributed by atoms with E-state index in [0.717, 1.165) is 43.0 Å². The van der Waals surface area contributed by atoms with E-state index in [9.17, 15) is 18.0 Å². The minimum absolute atomic E-state index is 0.190. The number of carbonyl (C=O) groups excluding carboxylic acids is 1. The summed E-state index contributed by atoms with van der Waals surface area (Å²) in [6, 6.07) is 8.92. The van der Waals surface area contributed by atoms with Crippen molar-refractivity contribution in [3.63, 3.8) is 0 Å². The molecule has 2 aromatic carbocycles. The molecule has 2 aliphatic heterocycles. The van der Waals surface area contributed by atoms with E-state index in [1.807, 2.05) is 25.1 Å². The number of benzene rings is 2. The van der Waals surface area contributed by atoms with Gasteiger partial charge in [0.2, 0.25) is 0 Å². The van der Waals surface area contributed by atoms with Crippen molar-refractivity contribution < 1.29 is 27.4 Å². The molecule has 2 aliphatic rings. The smallest absolute Gasteiger partial charge is 0.416 e. The van der Waals surface area contributed by atoms with Crippen LogP contribution in [0.5, 0.6) is 5.75 Å². The lowest BCUT2D eigenvalue weighted by Gasteiger charge is -2.27. The number of amides is 1. The molecule has 0 atom stereocenters. The Balaban J connectivity index is 1.24. The SMILES string of the molecule is Cc1cc(-c2ncc3cc(C(F)(F)F)ccc3n2)ccc1N1CCOc2cnn(CCN3CCOCC3)c2C1=O. The maximum atomic E-state index is 13.8. The van der Waals surface area contributed by atoms with Crippen molar-refractivity contribution in [2.45, 2.75) is 19.6 Å². The van der Waals surface area contributed by atoms with Gasteiger partial charge in [0.1, 0.15) is 6.61 Å². The third-order valence-corrected chi connectivity index (χ3v) is 7.21. The molecule has 12 heteroatoms. The van der Waals surface area contributed by atoms with Crippen LogP contribution in [-0.2, 0) is 17.5 Å². The van der Waals surface area contributed by atoms with Crippen molar-refractivity contribution in [1.29, 1.82) is 0 Å². The standard InChI is InChI=1S/C28H27F3N6O3/c1-18-14-19(26-32-16-20-15-21(28(29,30)31)3-4-22(20)34-26)2-5-23(18)36-10-13-40-24-17-33-37(25(24)27(36)38)7-6-35-8-11-39-12-9-35/h2-5,14-17H,6-13H2,1H3. The van der Waals surface area contributed by atoms with Gasteiger partial charge in [0.05, 0.1) is 43.6 Å². The Morgan fingerprint density at radius 1 is 0.975 bits per heavy atom. The number of hydrogen-bond acceptors (Lipinski definition) is 7. The molecule has 1 saturated heterocycles. The van der Waals surface area contributed by atoms with E-state index in [1.165, 1.54) is 12.3 Å². The topological polar surface area (TPSA) is 85.6 Å². The highest BCUT2D eigenvalue weighted by molar-refractivity contribution is 6.07. The maximum Gasteiger partial charge on any atom is 0.416 e. The number of hydrogen-bond donors (Lipinski definition) is 0. The number of aryl methyl sites for hydroxylation is 1. The summed E-state index contributed by atoms with van der Waals surface area (Å²) in [4.78, 5) is 26.5. The molecule has 4 aromatic rings. The highest BCUT2D eigenvalue weighted by Gasteiger charge is 2.31. The maximum absolute atomic E-state index is 13.8. The van der Waals surface area contributed by atoms with E-state index in [-0.39, 0.29) is 5.91 Å². The van der Waals surface area contributed by atoms with Gasteiger partial charge in [0.15, 0.2) is 17.3 Å². The molecule has 1 fully saturated rings. The van der Waals surface area contributed by atoms with Gasteiger partial charge in [-0.1, -0.05) is 0 Å². The van der Waals surface area contributed by atoms with Gasteiger partial charge in [-0.25, -0.2) is 9.97 Å². The molecule has 0 aliphatic carbocycles. The fraction of sp³-hybridized carbons (Fsp3) is 0.357. The molecule has 0 spiro atoms. The van der Waals surface area contributed by atoms with E-state index in [4.69, 9.17) is 9.47 Å². The largest absolute Gasteiger partial charge is 0.488 e. The molecule has 2 aromatic heterocycles. The van der Waals surface area contributed by atoms with Crippen molar-refractivity contribution in [2.24, 2.45) is 0 Å². The zero-order valence-electron chi connectivity index (χ0n) is 21.8. The van der Waals surface area contributed by atoms with E-state index in [2.05, 4.69) is 20.0 Å². The monoisotopic (exact) mass is 552 g/mol. The minimum atomic E-state index is -4.43. The average molecular weight is 553 g/mol. The molecular formula is C28H27F3N6O3. The fourth-order valence-electron chi connectivity index (χ4n) is 5.07. The Kier molecular flexibility index (Phi) is 6.88. The van der Waals surface area contributed by atoms with Crippen LogP contribution in [0.15, 0.2) is 48.8 Å². The predicted octanol–water partition coefficient (Wildman–Crippen LogP) is 4.19. The first-order valence-corrected chi connectivity index (χ1v) is 13.0. The molecule has 208 valence electrons. The molecule has 9 nitrogen and oxygen atoms in total. The van der Waals surface area contributed by atoms with Gasteiger partial charge in [-0.2, -0.15) is 18.3 Å². The van der Waals surface area contributed by atoms with Crippen LogP contribution >= 0.6 is 0 Å². The molecule has 0 radical (unpaired) electrons. The first-order chi connectivity index (χ1) is 19.3. The van der Waals surface area contributed by atoms with Gasteiger partial charge in [0.25, 0.3) is 5.91 Å². The summed E-state index contributed by atoms with van der Waals surface area (Å²) in [6.07, 6.45) is -1.44. The van der Waals surface area contributed by atoms with Crippen LogP contribution in [0.25, 0.3) is 22.3 Å². The van der Waals surface area contributed by atoms with E-state index < -0.39 is 11.7 Å². The number of aromatic nitrogens is 4. The van der Waals surface area contributed by atoms with Crippen LogP contribution in [0, 0.1) is 6.92 Å². The molecule has 0 N–H and O–H groups in total. The highest BCUT2D eigenvalue weighted by Crippen LogP contribution is 2.33. The van der Waals surface area contributed by atoms with Crippen LogP contribution < -0.4 is 9.64 Å². The molecular weight excluding hydrogens is 525 g/mol. The number of nitrogens with zero attached hydrogens (tertiary/aromatic N) is 6. The lowest BCUT2D eigenvalue weighted by Crippen LogP contribution is -2.39. The van der Waals surface area contributed by atoms with E-state index in [1.54, 1.807) is 15.8 Å². The summed E-state index contributed by atoms with van der Waals surface area (Å²) in [7, 11) is 0. The Hall–Kier alpha value is -4.03. The summed E-state index contributed by atoms with van der Waals surface area (Å²) in [6.45, 7) is 6.99. The molecule has 0 saturated carbocycles. The predicted molar refractivity (Wildman–Crippen MR) is 141 cm³/mol. The molecule has 4 heterocycles. The second-order valence-corrected chi connectivity index (χ2v) is 9.81. The van der Waals surface area contributed by atoms with Crippen LogP contribution in [0.2, 0.25) is 0 Å². The Labute approximate surface area is 228 Å². The number of rotatable bonds is 5. The van der Waals surface area contributed by atoms with Gasteiger partial charge >= 0.3 is 6.18 Å². The lowest BCUT2D eigenvalue weighted by atomic mass is 10.1. The van der Waals surface area contributed by atoms with E-state index >= 15 is 0 Å². The third kappa shape index (κ3) is 5.11. The van der Waals surface area contributed by atoms with Gasteiger partial charge in [0, 0.05) is 42.5 Å². The number of ether oxygens (including phenoxy) is 2. The fourth-order valence-corrected chi connectivity index (χ4v) is 5.07. The van der Waals surface area contributed by atoms with Crippen molar-refractivity contribution in [3.8, 4) is 17.1 Å². The summed E-state index contributed by atoms with van der Waals surface area (Å²) >= 11 is 0. The quantitative estimate of drug-likeness (QED) is 0.367. The van der Waals surface area contributed by atoms with Gasteiger partial charge in [-0.3, -0.25) is 14.4 Å². The van der Waals surface area contributed by atoms with Crippen molar-refractivity contribution >= 4 is 22.5 Å². The molecule has 0 unspecified atom stereocenters. The highest BCUT2D eigenvalue weighted by atomic mass is 19.4. The Morgan fingerprint density at radius 2 is 1.80 bits per heavy atom. The van der Waals surface area contributed by atoms with Crippen LogP contribution in [0.4, 0.5) is 18.9 Å². The number of alkyl halides is 3. The van der Waals surface area contributed by atoms with Crippen LogP contribution in [-0.4, -0.2) is 76.6 Å². The van der Waals surface area contributed by atoms with Crippen molar-refractivity contribution in [1.82, 2.24) is 24.6 Å². The first kappa shape index (κ1) is 26.2. The van der Waals surface area contributed by atoms with Gasteiger partial charge in [-0.05, 0) is 48.9 Å². The van der Waals surface area contributed by atoms with Gasteiger partial charge < -0.3 is 14.4 Å². The summed E-state index contributed by atoms with van der Waals surface area (Å²) < 4.78 is 52.2. The number of carbonyl (C=O) groups is 1. The van der Waals surface area contributed by atoms with Gasteiger partial charge in [-0.15, -0.1) is 0 Å². The Morgan fingerprint density at radius 3 is 2.58 bits per heavy atom. The average Bonchev–Trinajstić information content (AvgIpc) is 3.28. The Bertz CT molecular complexity index is 1560. The number of morpholine rings is 1. The zero-order valence-corrected chi connectivity index (χ0v) is 21.8. The number of fused-ring (bicyclic) bond motifs is 2. The second kappa shape index (κ2) is 10.5. The van der Waals surface area contributed by atoms with Crippen molar-refractivity contribution in [2.75, 3.05) is 50.9 Å². The number of halogens is 3. The molecule has 6 rings (SSSR count). The van der Waals surface area contributed by atoms with E-state index in [0.29, 0.717) is 66.6 Å². The number of anilines is 1. The molecule has 0 bridgehead atoms. The van der Waals surface area contributed by atoms with Crippen LogP contribution in [0.1, 0.15) is 21.6 Å². The lowest BCUT2D eigenvalue weighted by molar-refractivity contribution is -0.137. The minimum Gasteiger partial charge on any atom is -0.488 e. The first-order valence-electron chi connectivity index (χ1n) is 13.0. The molecule has 1 amide bonds. The summed E-state index contributed by atoms with van der Waals surface area (Å²) in [5.74, 6) is 0.670. The normalized spacial score (nSPS) is 16.6. The van der Waals surface area contributed by atoms with Crippen LogP contribution in [0.3, 0.4) is 0 Å². The summed E-state index contributed by atoms with van der Waals surface area (Å²) in [5.41, 5.74) is 2.33. The van der Waals surface area contributed by atoms with Crippen molar-refractivity contribution in [3.05, 3.63) is 65.6 Å². The molecule has 40 heavy (non-hydrogen) atoms. The zero-order chi connectivity index (χ0) is 27.9.